The van der Waals surface area contributed by atoms with Crippen LogP contribution in [0, 0.1) is 5.92 Å². The molecule has 0 radical (unpaired) electrons. The largest absolute Gasteiger partial charge is 0.396 e. The summed E-state index contributed by atoms with van der Waals surface area (Å²) in [6.07, 6.45) is 8.86. The van der Waals surface area contributed by atoms with E-state index in [9.17, 15) is 5.11 Å². The van der Waals surface area contributed by atoms with Crippen molar-refractivity contribution in [2.24, 2.45) is 10.9 Å². The monoisotopic (exact) mass is 430 g/mol. The molecule has 32 heavy (non-hydrogen) atoms. The Balaban J connectivity index is 2.08. The number of aliphatic hydroxyl groups excluding tert-OH is 1. The van der Waals surface area contributed by atoms with Gasteiger partial charge >= 0.3 is 0 Å². The Morgan fingerprint density at radius 2 is 2.09 bits per heavy atom. The van der Waals surface area contributed by atoms with Crippen molar-refractivity contribution >= 4 is 23.2 Å². The van der Waals surface area contributed by atoms with Gasteiger partial charge in [0.15, 0.2) is 0 Å². The Labute approximate surface area is 192 Å². The summed E-state index contributed by atoms with van der Waals surface area (Å²) in [5.74, 6) is 1.24. The van der Waals surface area contributed by atoms with E-state index in [-0.39, 0.29) is 12.5 Å². The van der Waals surface area contributed by atoms with Gasteiger partial charge < -0.3 is 14.9 Å². The third-order valence-corrected chi connectivity index (χ3v) is 5.72. The Morgan fingerprint density at radius 3 is 2.72 bits per heavy atom. The molecule has 2 heterocycles. The number of anilines is 1. The summed E-state index contributed by atoms with van der Waals surface area (Å²) in [5, 5.41) is 9.64. The quantitative estimate of drug-likeness (QED) is 0.485. The van der Waals surface area contributed by atoms with Crippen LogP contribution < -0.4 is 4.90 Å². The number of aliphatic imine (C=N–C) groups is 1. The van der Waals surface area contributed by atoms with Gasteiger partial charge in [-0.1, -0.05) is 36.9 Å². The van der Waals surface area contributed by atoms with Gasteiger partial charge in [0.1, 0.15) is 5.82 Å². The maximum atomic E-state index is 9.64. The molecule has 3 rings (SSSR count). The van der Waals surface area contributed by atoms with Crippen LogP contribution in [-0.2, 0) is 0 Å². The van der Waals surface area contributed by atoms with E-state index in [4.69, 9.17) is 4.98 Å². The number of allylic oxidation sites excluding steroid dienone is 4. The third-order valence-electron chi connectivity index (χ3n) is 5.72. The van der Waals surface area contributed by atoms with Crippen molar-refractivity contribution in [3.05, 3.63) is 72.5 Å². The number of aromatic nitrogens is 1. The second kappa shape index (κ2) is 10.9. The van der Waals surface area contributed by atoms with Crippen molar-refractivity contribution < 1.29 is 5.11 Å². The standard InChI is InChI=1S/C27H34N4O/c1-6-21(16-28-3)25-11-12-26(29-27(25)31-14-13-20(17-31)19-32)24-10-8-9-23(15-24)22(7-2)18-30(4)5/h6-12,15-16,18,20,32H,2,13-14,17,19H2,1,3-5H3/b21-6+,22-18+,28-16-. The Kier molecular flexibility index (Phi) is 8.01. The first-order valence-corrected chi connectivity index (χ1v) is 11.1. The molecule has 1 aliphatic heterocycles. The van der Waals surface area contributed by atoms with E-state index in [0.717, 1.165) is 58.9 Å². The summed E-state index contributed by atoms with van der Waals surface area (Å²) in [6, 6.07) is 12.6. The van der Waals surface area contributed by atoms with Gasteiger partial charge in [0.2, 0.25) is 0 Å². The molecule has 5 heteroatoms. The zero-order valence-electron chi connectivity index (χ0n) is 19.6. The number of aliphatic hydroxyl groups is 1. The first-order valence-electron chi connectivity index (χ1n) is 11.1. The lowest BCUT2D eigenvalue weighted by atomic mass is 10.0. The highest BCUT2D eigenvalue weighted by Crippen LogP contribution is 2.32. The van der Waals surface area contributed by atoms with Gasteiger partial charge in [-0.15, -0.1) is 0 Å². The van der Waals surface area contributed by atoms with Crippen LogP contribution in [0.25, 0.3) is 22.4 Å². The van der Waals surface area contributed by atoms with E-state index in [1.165, 1.54) is 0 Å². The smallest absolute Gasteiger partial charge is 0.137 e. The average molecular weight is 431 g/mol. The van der Waals surface area contributed by atoms with Gasteiger partial charge in [-0.2, -0.15) is 0 Å². The lowest BCUT2D eigenvalue weighted by molar-refractivity contribution is 0.238. The van der Waals surface area contributed by atoms with Crippen molar-refractivity contribution in [2.45, 2.75) is 13.3 Å². The van der Waals surface area contributed by atoms with Crippen LogP contribution in [0.4, 0.5) is 5.82 Å². The summed E-state index contributed by atoms with van der Waals surface area (Å²) in [5.41, 5.74) is 6.27. The minimum atomic E-state index is 0.211. The topological polar surface area (TPSA) is 52.0 Å². The zero-order valence-corrected chi connectivity index (χ0v) is 19.6. The number of rotatable bonds is 8. The van der Waals surface area contributed by atoms with Crippen LogP contribution in [0.15, 0.2) is 66.3 Å². The van der Waals surface area contributed by atoms with E-state index < -0.39 is 0 Å². The van der Waals surface area contributed by atoms with Crippen LogP contribution in [-0.4, -0.2) is 62.0 Å². The summed E-state index contributed by atoms with van der Waals surface area (Å²) >= 11 is 0. The Bertz CT molecular complexity index is 1040. The number of pyridine rings is 1. The maximum Gasteiger partial charge on any atom is 0.137 e. The summed E-state index contributed by atoms with van der Waals surface area (Å²) in [6.45, 7) is 7.91. The molecule has 0 saturated carbocycles. The lowest BCUT2D eigenvalue weighted by Crippen LogP contribution is -2.23. The van der Waals surface area contributed by atoms with Gasteiger partial charge in [0.05, 0.1) is 5.69 Å². The fourth-order valence-corrected chi connectivity index (χ4v) is 4.07. The molecule has 0 bridgehead atoms. The first kappa shape index (κ1) is 23.5. The molecule has 1 saturated heterocycles. The molecule has 1 fully saturated rings. The molecule has 0 aliphatic carbocycles. The van der Waals surface area contributed by atoms with Crippen LogP contribution in [0.1, 0.15) is 24.5 Å². The molecule has 1 aromatic heterocycles. The summed E-state index contributed by atoms with van der Waals surface area (Å²) < 4.78 is 0. The molecule has 1 aliphatic rings. The number of hydrogen-bond acceptors (Lipinski definition) is 5. The van der Waals surface area contributed by atoms with Crippen molar-refractivity contribution in [2.75, 3.05) is 45.7 Å². The molecule has 1 aromatic carbocycles. The van der Waals surface area contributed by atoms with Gasteiger partial charge in [-0.05, 0) is 48.3 Å². The fourth-order valence-electron chi connectivity index (χ4n) is 4.07. The van der Waals surface area contributed by atoms with Crippen molar-refractivity contribution in [1.29, 1.82) is 0 Å². The normalized spacial score (nSPS) is 17.3. The highest BCUT2D eigenvalue weighted by atomic mass is 16.3. The minimum absolute atomic E-state index is 0.211. The second-order valence-corrected chi connectivity index (χ2v) is 8.32. The number of benzene rings is 1. The second-order valence-electron chi connectivity index (χ2n) is 8.32. The highest BCUT2D eigenvalue weighted by Gasteiger charge is 2.25. The van der Waals surface area contributed by atoms with Crippen LogP contribution in [0.3, 0.4) is 0 Å². The third kappa shape index (κ3) is 5.35. The molecule has 1 N–H and O–H groups in total. The van der Waals surface area contributed by atoms with Crippen molar-refractivity contribution in [3.63, 3.8) is 0 Å². The summed E-state index contributed by atoms with van der Waals surface area (Å²) in [7, 11) is 5.80. The first-order chi connectivity index (χ1) is 15.5. The van der Waals surface area contributed by atoms with E-state index in [0.29, 0.717) is 0 Å². The van der Waals surface area contributed by atoms with E-state index in [1.807, 2.05) is 38.2 Å². The zero-order chi connectivity index (χ0) is 23.1. The average Bonchev–Trinajstić information content (AvgIpc) is 3.30. The predicted molar refractivity (Wildman–Crippen MR) is 137 cm³/mol. The molecule has 1 atom stereocenters. The van der Waals surface area contributed by atoms with Crippen molar-refractivity contribution in [1.82, 2.24) is 9.88 Å². The van der Waals surface area contributed by atoms with Gasteiger partial charge in [0, 0.05) is 70.3 Å². The van der Waals surface area contributed by atoms with E-state index in [1.54, 1.807) is 7.05 Å². The molecule has 2 aromatic rings. The Hall–Kier alpha value is -3.18. The molecule has 168 valence electrons. The summed E-state index contributed by atoms with van der Waals surface area (Å²) in [4.78, 5) is 13.7. The molecule has 5 nitrogen and oxygen atoms in total. The van der Waals surface area contributed by atoms with E-state index in [2.05, 4.69) is 65.1 Å². The SMILES string of the molecule is C=C/C(=C\N(C)C)c1cccc(-c2ccc(C(/C=N\C)=C/C)c(N3CCC(CO)C3)n2)c1. The van der Waals surface area contributed by atoms with Crippen LogP contribution in [0.2, 0.25) is 0 Å². The molecule has 0 amide bonds. The Morgan fingerprint density at radius 1 is 1.28 bits per heavy atom. The van der Waals surface area contributed by atoms with Crippen LogP contribution in [0.5, 0.6) is 0 Å². The maximum absolute atomic E-state index is 9.64. The predicted octanol–water partition coefficient (Wildman–Crippen LogP) is 4.76. The van der Waals surface area contributed by atoms with Crippen molar-refractivity contribution in [3.8, 4) is 11.3 Å². The molecular formula is C27H34N4O. The fraction of sp³-hybridized carbons (Fsp3) is 0.333. The number of hydrogen-bond donors (Lipinski definition) is 1. The minimum Gasteiger partial charge on any atom is -0.396 e. The molecular weight excluding hydrogens is 396 g/mol. The number of nitrogens with zero attached hydrogens (tertiary/aromatic N) is 4. The van der Waals surface area contributed by atoms with Gasteiger partial charge in [-0.25, -0.2) is 4.98 Å². The molecule has 1 unspecified atom stereocenters. The van der Waals surface area contributed by atoms with Gasteiger partial charge in [-0.3, -0.25) is 4.99 Å². The molecule has 0 spiro atoms. The van der Waals surface area contributed by atoms with Crippen LogP contribution >= 0.6 is 0 Å². The highest BCUT2D eigenvalue weighted by molar-refractivity contribution is 6.11. The van der Waals surface area contributed by atoms with E-state index >= 15 is 0 Å². The van der Waals surface area contributed by atoms with Gasteiger partial charge in [0.25, 0.3) is 0 Å². The lowest BCUT2D eigenvalue weighted by Gasteiger charge is -2.22.